The highest BCUT2D eigenvalue weighted by Crippen LogP contribution is 2.46. The number of carbonyl (C=O) groups is 3. The molecule has 1 aromatic rings. The number of carbonyl (C=O) groups excluding carboxylic acids is 3. The van der Waals surface area contributed by atoms with Gasteiger partial charge in [0.2, 0.25) is 0 Å². The third-order valence-electron chi connectivity index (χ3n) is 5.94. The number of hydrogen-bond acceptors (Lipinski definition) is 8. The normalized spacial score (nSPS) is 22.8. The summed E-state index contributed by atoms with van der Waals surface area (Å²) >= 11 is 0. The monoisotopic (exact) mass is 443 g/mol. The van der Waals surface area contributed by atoms with Crippen LogP contribution in [0.25, 0.3) is 0 Å². The largest absolute Gasteiger partial charge is 0.504 e. The molecule has 1 aromatic carbocycles. The zero-order valence-electron chi connectivity index (χ0n) is 19.0. The lowest BCUT2D eigenvalue weighted by atomic mass is 9.69. The van der Waals surface area contributed by atoms with Gasteiger partial charge in [-0.3, -0.25) is 9.59 Å². The Morgan fingerprint density at radius 3 is 2.59 bits per heavy atom. The van der Waals surface area contributed by atoms with E-state index in [9.17, 15) is 19.5 Å². The second-order valence-electron chi connectivity index (χ2n) is 8.10. The van der Waals surface area contributed by atoms with E-state index in [1.165, 1.54) is 20.3 Å². The molecule has 3 atom stereocenters. The van der Waals surface area contributed by atoms with E-state index in [0.717, 1.165) is 0 Å². The number of Topliss-reactive ketones (excluding diaryl/α,β-unsaturated/α-hetero) is 1. The van der Waals surface area contributed by atoms with E-state index in [1.807, 2.05) is 13.8 Å². The fourth-order valence-electron chi connectivity index (χ4n) is 4.43. The van der Waals surface area contributed by atoms with Crippen molar-refractivity contribution < 1.29 is 33.7 Å². The van der Waals surface area contributed by atoms with Crippen LogP contribution in [0, 0.1) is 11.8 Å². The highest BCUT2D eigenvalue weighted by molar-refractivity contribution is 6.12. The summed E-state index contributed by atoms with van der Waals surface area (Å²) < 4.78 is 15.6. The average molecular weight is 443 g/mol. The molecule has 1 aliphatic heterocycles. The number of ketones is 1. The van der Waals surface area contributed by atoms with Gasteiger partial charge in [0.25, 0.3) is 0 Å². The second kappa shape index (κ2) is 9.46. The highest BCUT2D eigenvalue weighted by Gasteiger charge is 2.47. The minimum atomic E-state index is -0.964. The van der Waals surface area contributed by atoms with Crippen molar-refractivity contribution in [1.82, 2.24) is 5.32 Å². The standard InChI is InChI=1S/C24H29NO7/c1-6-9-32-24(29)19-13(3)25-15-10-12(2)18(23(28)31-5)22(27)21(15)20(19)14-7-8-16(26)17(11-14)30-4/h7-8,11-12,18,20,25-26H,6,9-10H2,1-5H3. The molecule has 3 unspecified atom stereocenters. The zero-order chi connectivity index (χ0) is 23.6. The average Bonchev–Trinajstić information content (AvgIpc) is 2.76. The summed E-state index contributed by atoms with van der Waals surface area (Å²) in [6, 6.07) is 4.68. The number of dihydropyridines is 1. The maximum absolute atomic E-state index is 13.6. The summed E-state index contributed by atoms with van der Waals surface area (Å²) in [4.78, 5) is 39.1. The van der Waals surface area contributed by atoms with E-state index in [0.29, 0.717) is 35.4 Å². The number of phenolic OH excluding ortho intramolecular Hbond substituents is 1. The van der Waals surface area contributed by atoms with Crippen LogP contribution in [0.4, 0.5) is 0 Å². The molecule has 0 bridgehead atoms. The van der Waals surface area contributed by atoms with Gasteiger partial charge < -0.3 is 24.6 Å². The van der Waals surface area contributed by atoms with Gasteiger partial charge in [-0.2, -0.15) is 0 Å². The van der Waals surface area contributed by atoms with Crippen LogP contribution in [0.15, 0.2) is 40.7 Å². The molecule has 0 radical (unpaired) electrons. The minimum Gasteiger partial charge on any atom is -0.504 e. The summed E-state index contributed by atoms with van der Waals surface area (Å²) in [5, 5.41) is 13.3. The third-order valence-corrected chi connectivity index (χ3v) is 5.94. The Bertz CT molecular complexity index is 1010. The van der Waals surface area contributed by atoms with Gasteiger partial charge in [0.05, 0.1) is 26.4 Å². The number of allylic oxidation sites excluding steroid dienone is 3. The number of rotatable bonds is 6. The molecule has 3 rings (SSSR count). The van der Waals surface area contributed by atoms with E-state index in [4.69, 9.17) is 14.2 Å². The van der Waals surface area contributed by atoms with Crippen LogP contribution in [0.3, 0.4) is 0 Å². The predicted octanol–water partition coefficient (Wildman–Crippen LogP) is 2.97. The minimum absolute atomic E-state index is 0.0637. The maximum atomic E-state index is 13.6. The number of ether oxygens (including phenoxy) is 3. The van der Waals surface area contributed by atoms with Crippen LogP contribution < -0.4 is 10.1 Å². The maximum Gasteiger partial charge on any atom is 0.336 e. The van der Waals surface area contributed by atoms with E-state index < -0.39 is 23.8 Å². The van der Waals surface area contributed by atoms with Crippen LogP contribution in [0.1, 0.15) is 45.1 Å². The van der Waals surface area contributed by atoms with Crippen LogP contribution in [-0.4, -0.2) is 43.7 Å². The summed E-state index contributed by atoms with van der Waals surface area (Å²) in [5.74, 6) is -3.39. The molecule has 8 nitrogen and oxygen atoms in total. The Morgan fingerprint density at radius 2 is 1.97 bits per heavy atom. The lowest BCUT2D eigenvalue weighted by molar-refractivity contribution is -0.151. The van der Waals surface area contributed by atoms with Gasteiger partial charge in [-0.1, -0.05) is 19.9 Å². The van der Waals surface area contributed by atoms with E-state index >= 15 is 0 Å². The van der Waals surface area contributed by atoms with E-state index in [2.05, 4.69) is 5.32 Å². The van der Waals surface area contributed by atoms with Gasteiger partial charge in [-0.15, -0.1) is 0 Å². The molecule has 0 fully saturated rings. The van der Waals surface area contributed by atoms with E-state index in [1.54, 1.807) is 19.1 Å². The number of benzene rings is 1. The Balaban J connectivity index is 2.20. The van der Waals surface area contributed by atoms with Gasteiger partial charge in [-0.05, 0) is 43.4 Å². The van der Waals surface area contributed by atoms with Crippen LogP contribution in [0.2, 0.25) is 0 Å². The summed E-state index contributed by atoms with van der Waals surface area (Å²) in [6.45, 7) is 5.72. The van der Waals surface area contributed by atoms with E-state index in [-0.39, 0.29) is 35.4 Å². The third kappa shape index (κ3) is 4.09. The molecule has 0 saturated heterocycles. The number of phenols is 1. The van der Waals surface area contributed by atoms with Gasteiger partial charge in [0.1, 0.15) is 5.92 Å². The van der Waals surface area contributed by atoms with Gasteiger partial charge in [0, 0.05) is 22.9 Å². The van der Waals surface area contributed by atoms with Crippen molar-refractivity contribution >= 4 is 17.7 Å². The second-order valence-corrected chi connectivity index (χ2v) is 8.10. The molecule has 1 aliphatic carbocycles. The van der Waals surface area contributed by atoms with Crippen LogP contribution in [-0.2, 0) is 23.9 Å². The fraction of sp³-hybridized carbons (Fsp3) is 0.458. The molecule has 1 heterocycles. The van der Waals surface area contributed by atoms with Crippen molar-refractivity contribution in [3.63, 3.8) is 0 Å². The molecule has 172 valence electrons. The van der Waals surface area contributed by atoms with Crippen LogP contribution in [0.5, 0.6) is 11.5 Å². The summed E-state index contributed by atoms with van der Waals surface area (Å²) in [5.41, 5.74) is 2.45. The first-order valence-electron chi connectivity index (χ1n) is 10.6. The summed E-state index contributed by atoms with van der Waals surface area (Å²) in [7, 11) is 2.68. The first-order chi connectivity index (χ1) is 15.2. The number of aromatic hydroxyl groups is 1. The first kappa shape index (κ1) is 23.4. The number of esters is 2. The number of hydrogen-bond donors (Lipinski definition) is 2. The predicted molar refractivity (Wildman–Crippen MR) is 116 cm³/mol. The van der Waals surface area contributed by atoms with Gasteiger partial charge in [0.15, 0.2) is 17.3 Å². The van der Waals surface area contributed by atoms with Crippen molar-refractivity contribution in [1.29, 1.82) is 0 Å². The molecule has 0 saturated carbocycles. The Labute approximate surface area is 187 Å². The zero-order valence-corrected chi connectivity index (χ0v) is 19.0. The van der Waals surface area contributed by atoms with Gasteiger partial charge in [-0.25, -0.2) is 4.79 Å². The molecule has 8 heteroatoms. The van der Waals surface area contributed by atoms with Crippen molar-refractivity contribution in [2.24, 2.45) is 11.8 Å². The topological polar surface area (TPSA) is 111 Å². The van der Waals surface area contributed by atoms with Crippen molar-refractivity contribution in [2.75, 3.05) is 20.8 Å². The SMILES string of the molecule is CCCOC(=O)C1=C(C)NC2=C(C(=O)C(C(=O)OC)C(C)C2)C1c1ccc(O)c(OC)c1. The van der Waals surface area contributed by atoms with Crippen molar-refractivity contribution in [3.8, 4) is 11.5 Å². The molecule has 2 aliphatic rings. The molecule has 0 spiro atoms. The highest BCUT2D eigenvalue weighted by atomic mass is 16.5. The summed E-state index contributed by atoms with van der Waals surface area (Å²) in [6.07, 6.45) is 1.10. The van der Waals surface area contributed by atoms with Crippen molar-refractivity contribution in [2.45, 2.75) is 39.5 Å². The number of methoxy groups -OCH3 is 2. The fourth-order valence-corrected chi connectivity index (χ4v) is 4.43. The Morgan fingerprint density at radius 1 is 1.25 bits per heavy atom. The Hall–Kier alpha value is -3.29. The molecule has 32 heavy (non-hydrogen) atoms. The lowest BCUT2D eigenvalue weighted by Gasteiger charge is -2.38. The lowest BCUT2D eigenvalue weighted by Crippen LogP contribution is -2.43. The van der Waals surface area contributed by atoms with Crippen molar-refractivity contribution in [3.05, 3.63) is 46.3 Å². The van der Waals surface area contributed by atoms with Crippen LogP contribution >= 0.6 is 0 Å². The molecule has 2 N–H and O–H groups in total. The quantitative estimate of drug-likeness (QED) is 0.510. The number of nitrogens with one attached hydrogen (secondary N) is 1. The molecule has 0 amide bonds. The molecule has 0 aromatic heterocycles. The van der Waals surface area contributed by atoms with Gasteiger partial charge >= 0.3 is 11.9 Å². The smallest absolute Gasteiger partial charge is 0.336 e. The molecular formula is C24H29NO7. The Kier molecular flexibility index (Phi) is 6.91. The first-order valence-corrected chi connectivity index (χ1v) is 10.6. The molecular weight excluding hydrogens is 414 g/mol.